The summed E-state index contributed by atoms with van der Waals surface area (Å²) < 4.78 is 9.81. The Labute approximate surface area is 109 Å². The zero-order chi connectivity index (χ0) is 13.8. The summed E-state index contributed by atoms with van der Waals surface area (Å²) in [4.78, 5) is 22.8. The average Bonchev–Trinajstić information content (AvgIpc) is 2.37. The molecule has 0 unspecified atom stereocenters. The number of hydrogen-bond donors (Lipinski definition) is 0. The number of esters is 2. The van der Waals surface area contributed by atoms with Crippen LogP contribution in [0.4, 0.5) is 0 Å². The summed E-state index contributed by atoms with van der Waals surface area (Å²) in [5, 5.41) is 0. The first-order chi connectivity index (χ1) is 8.63. The molecule has 0 N–H and O–H groups in total. The van der Waals surface area contributed by atoms with Gasteiger partial charge in [0.15, 0.2) is 0 Å². The molecule has 0 aromatic carbocycles. The van der Waals surface area contributed by atoms with E-state index in [0.717, 1.165) is 38.5 Å². The van der Waals surface area contributed by atoms with Crippen LogP contribution in [0.25, 0.3) is 0 Å². The van der Waals surface area contributed by atoms with Gasteiger partial charge in [0.2, 0.25) is 0 Å². The van der Waals surface area contributed by atoms with Crippen molar-refractivity contribution < 1.29 is 19.1 Å². The third kappa shape index (κ3) is 7.87. The van der Waals surface area contributed by atoms with E-state index in [9.17, 15) is 9.59 Å². The number of carbonyl (C=O) groups is 2. The van der Waals surface area contributed by atoms with E-state index in [0.29, 0.717) is 13.2 Å². The Kier molecular flexibility index (Phi) is 10.0. The first-order valence-electron chi connectivity index (χ1n) is 6.66. The van der Waals surface area contributed by atoms with Gasteiger partial charge in [0.05, 0.1) is 13.2 Å². The van der Waals surface area contributed by atoms with Gasteiger partial charge in [-0.2, -0.15) is 0 Å². The molecule has 0 atom stereocenters. The molecule has 0 heterocycles. The van der Waals surface area contributed by atoms with Gasteiger partial charge in [-0.1, -0.05) is 46.1 Å². The molecule has 0 saturated carbocycles. The molecule has 0 aliphatic heterocycles. The van der Waals surface area contributed by atoms with Crippen molar-refractivity contribution in [2.24, 2.45) is 0 Å². The molecule has 0 fully saturated rings. The molecule has 0 aliphatic rings. The van der Waals surface area contributed by atoms with Gasteiger partial charge in [-0.25, -0.2) is 9.59 Å². The largest absolute Gasteiger partial charge is 0.462 e. The Morgan fingerprint density at radius 3 is 1.83 bits per heavy atom. The smallest absolute Gasteiger partial charge is 0.344 e. The Morgan fingerprint density at radius 1 is 0.833 bits per heavy atom. The van der Waals surface area contributed by atoms with E-state index in [1.807, 2.05) is 6.92 Å². The normalized spacial score (nSPS) is 9.89. The second-order valence-corrected chi connectivity index (χ2v) is 4.16. The van der Waals surface area contributed by atoms with Gasteiger partial charge in [-0.3, -0.25) is 0 Å². The molecule has 0 aliphatic carbocycles. The van der Waals surface area contributed by atoms with Gasteiger partial charge in [-0.05, 0) is 12.8 Å². The molecule has 0 amide bonds. The number of unbranched alkanes of at least 4 members (excludes halogenated alkanes) is 4. The molecule has 0 spiro atoms. The van der Waals surface area contributed by atoms with Crippen molar-refractivity contribution >= 4 is 11.9 Å². The maximum atomic E-state index is 11.4. The Morgan fingerprint density at radius 2 is 1.33 bits per heavy atom. The van der Waals surface area contributed by atoms with Crippen LogP contribution in [-0.4, -0.2) is 25.2 Å². The second kappa shape index (κ2) is 10.8. The minimum absolute atomic E-state index is 0.221. The zero-order valence-electron chi connectivity index (χ0n) is 11.5. The number of carbonyl (C=O) groups excluding carboxylic acids is 2. The second-order valence-electron chi connectivity index (χ2n) is 4.16. The summed E-state index contributed by atoms with van der Waals surface area (Å²) in [6.45, 7) is 8.15. The third-order valence-electron chi connectivity index (χ3n) is 2.45. The fraction of sp³-hybridized carbons (Fsp3) is 0.714. The van der Waals surface area contributed by atoms with Crippen molar-refractivity contribution in [1.29, 1.82) is 0 Å². The monoisotopic (exact) mass is 256 g/mol. The summed E-state index contributed by atoms with van der Waals surface area (Å²) in [6.07, 6.45) is 5.81. The van der Waals surface area contributed by atoms with E-state index >= 15 is 0 Å². The molecule has 0 radical (unpaired) electrons. The van der Waals surface area contributed by atoms with Crippen molar-refractivity contribution in [2.45, 2.75) is 52.4 Å². The van der Waals surface area contributed by atoms with Crippen LogP contribution in [0.15, 0.2) is 12.2 Å². The highest BCUT2D eigenvalue weighted by molar-refractivity contribution is 6.13. The molecule has 0 bridgehead atoms. The molecule has 0 aromatic heterocycles. The Balaban J connectivity index is 3.74. The zero-order valence-corrected chi connectivity index (χ0v) is 11.5. The standard InChI is InChI=1S/C14H24O4/c1-4-6-8-9-11-18-14(16)12(3)13(15)17-10-7-5-2/h3-11H2,1-2H3. The predicted octanol–water partition coefficient (Wildman–Crippen LogP) is 3.01. The van der Waals surface area contributed by atoms with Crippen molar-refractivity contribution in [3.8, 4) is 0 Å². The summed E-state index contributed by atoms with van der Waals surface area (Å²) in [7, 11) is 0. The fourth-order valence-electron chi connectivity index (χ4n) is 1.26. The van der Waals surface area contributed by atoms with E-state index < -0.39 is 11.9 Å². The van der Waals surface area contributed by atoms with Crippen LogP contribution in [0.3, 0.4) is 0 Å². The number of ether oxygens (including phenoxy) is 2. The highest BCUT2D eigenvalue weighted by Crippen LogP contribution is 2.03. The number of rotatable bonds is 10. The van der Waals surface area contributed by atoms with Crippen LogP contribution in [0.2, 0.25) is 0 Å². The van der Waals surface area contributed by atoms with Gasteiger partial charge in [-0.15, -0.1) is 0 Å². The van der Waals surface area contributed by atoms with E-state index in [2.05, 4.69) is 13.5 Å². The maximum absolute atomic E-state index is 11.4. The molecule has 0 rings (SSSR count). The molecule has 0 saturated heterocycles. The minimum Gasteiger partial charge on any atom is -0.462 e. The first kappa shape index (κ1) is 16.7. The third-order valence-corrected chi connectivity index (χ3v) is 2.45. The minimum atomic E-state index is -0.679. The molecule has 0 aromatic rings. The lowest BCUT2D eigenvalue weighted by atomic mass is 10.2. The molecule has 18 heavy (non-hydrogen) atoms. The van der Waals surface area contributed by atoms with Gasteiger partial charge < -0.3 is 9.47 Å². The highest BCUT2D eigenvalue weighted by atomic mass is 16.6. The molecule has 4 nitrogen and oxygen atoms in total. The Bertz CT molecular complexity index is 271. The van der Waals surface area contributed by atoms with E-state index in [1.165, 1.54) is 0 Å². The van der Waals surface area contributed by atoms with E-state index in [4.69, 9.17) is 9.47 Å². The first-order valence-corrected chi connectivity index (χ1v) is 6.66. The summed E-state index contributed by atoms with van der Waals surface area (Å²) in [5.74, 6) is -1.35. The SMILES string of the molecule is C=C(C(=O)OCCCC)C(=O)OCCCCCC. The lowest BCUT2D eigenvalue weighted by molar-refractivity contribution is -0.147. The Hall–Kier alpha value is -1.32. The molecular weight excluding hydrogens is 232 g/mol. The van der Waals surface area contributed by atoms with Crippen molar-refractivity contribution in [1.82, 2.24) is 0 Å². The molecule has 104 valence electrons. The summed E-state index contributed by atoms with van der Waals surface area (Å²) >= 11 is 0. The van der Waals surface area contributed by atoms with Crippen LogP contribution in [0, 0.1) is 0 Å². The highest BCUT2D eigenvalue weighted by Gasteiger charge is 2.18. The lowest BCUT2D eigenvalue weighted by Crippen LogP contribution is -2.18. The van der Waals surface area contributed by atoms with Gasteiger partial charge in [0, 0.05) is 0 Å². The fourth-order valence-corrected chi connectivity index (χ4v) is 1.26. The van der Waals surface area contributed by atoms with Crippen LogP contribution >= 0.6 is 0 Å². The van der Waals surface area contributed by atoms with Crippen LogP contribution in [-0.2, 0) is 19.1 Å². The summed E-state index contributed by atoms with van der Waals surface area (Å²) in [5.41, 5.74) is -0.221. The average molecular weight is 256 g/mol. The predicted molar refractivity (Wildman–Crippen MR) is 70.1 cm³/mol. The topological polar surface area (TPSA) is 52.6 Å². The van der Waals surface area contributed by atoms with Crippen molar-refractivity contribution in [3.63, 3.8) is 0 Å². The number of hydrogen-bond acceptors (Lipinski definition) is 4. The lowest BCUT2D eigenvalue weighted by Gasteiger charge is -2.07. The van der Waals surface area contributed by atoms with Crippen molar-refractivity contribution in [3.05, 3.63) is 12.2 Å². The quantitative estimate of drug-likeness (QED) is 0.198. The molecule has 4 heteroatoms. The van der Waals surface area contributed by atoms with Gasteiger partial charge in [0.25, 0.3) is 0 Å². The van der Waals surface area contributed by atoms with Gasteiger partial charge >= 0.3 is 11.9 Å². The van der Waals surface area contributed by atoms with Gasteiger partial charge in [0.1, 0.15) is 5.57 Å². The van der Waals surface area contributed by atoms with Crippen LogP contribution in [0.5, 0.6) is 0 Å². The summed E-state index contributed by atoms with van der Waals surface area (Å²) in [6, 6.07) is 0. The maximum Gasteiger partial charge on any atom is 0.344 e. The van der Waals surface area contributed by atoms with Crippen molar-refractivity contribution in [2.75, 3.05) is 13.2 Å². The van der Waals surface area contributed by atoms with Crippen LogP contribution in [0.1, 0.15) is 52.4 Å². The molecular formula is C14H24O4. The van der Waals surface area contributed by atoms with Crippen LogP contribution < -0.4 is 0 Å². The van der Waals surface area contributed by atoms with E-state index in [-0.39, 0.29) is 5.57 Å². The van der Waals surface area contributed by atoms with E-state index in [1.54, 1.807) is 0 Å².